The Bertz CT molecular complexity index is 756. The predicted octanol–water partition coefficient (Wildman–Crippen LogP) is 2.73. The molecule has 146 valence electrons. The lowest BCUT2D eigenvalue weighted by Crippen LogP contribution is -2.42. The Balaban J connectivity index is 0.00000364. The highest BCUT2D eigenvalue weighted by Crippen LogP contribution is 2.26. The summed E-state index contributed by atoms with van der Waals surface area (Å²) >= 11 is 0. The molecule has 2 rings (SSSR count). The van der Waals surface area contributed by atoms with Gasteiger partial charge in [-0.1, -0.05) is 36.4 Å². The van der Waals surface area contributed by atoms with Gasteiger partial charge in [0.2, 0.25) is 5.91 Å². The van der Waals surface area contributed by atoms with Crippen molar-refractivity contribution in [2.45, 2.75) is 31.7 Å². The van der Waals surface area contributed by atoms with E-state index in [1.807, 2.05) is 18.2 Å². The Morgan fingerprint density at radius 1 is 1.15 bits per heavy atom. The monoisotopic (exact) mass is 393 g/mol. The van der Waals surface area contributed by atoms with Crippen molar-refractivity contribution >= 4 is 24.0 Å². The fourth-order valence-electron chi connectivity index (χ4n) is 2.63. The average Bonchev–Trinajstić information content (AvgIpc) is 2.63. The van der Waals surface area contributed by atoms with Crippen molar-refractivity contribution in [3.63, 3.8) is 0 Å². The number of amides is 1. The molecule has 0 spiro atoms. The van der Waals surface area contributed by atoms with Crippen molar-refractivity contribution < 1.29 is 14.8 Å². The number of aromatic hydroxyl groups is 1. The van der Waals surface area contributed by atoms with Crippen molar-refractivity contribution in [2.24, 2.45) is 5.73 Å². The van der Waals surface area contributed by atoms with Crippen LogP contribution in [0, 0.1) is 10.1 Å². The Hall–Kier alpha value is -2.64. The predicted molar refractivity (Wildman–Crippen MR) is 106 cm³/mol. The van der Waals surface area contributed by atoms with Crippen molar-refractivity contribution in [1.82, 2.24) is 5.32 Å². The van der Waals surface area contributed by atoms with Gasteiger partial charge < -0.3 is 16.2 Å². The zero-order chi connectivity index (χ0) is 18.9. The summed E-state index contributed by atoms with van der Waals surface area (Å²) in [4.78, 5) is 22.2. The molecule has 27 heavy (non-hydrogen) atoms. The van der Waals surface area contributed by atoms with Crippen LogP contribution in [0.2, 0.25) is 0 Å². The van der Waals surface area contributed by atoms with Crippen LogP contribution < -0.4 is 11.1 Å². The molecule has 0 saturated carbocycles. The highest BCUT2D eigenvalue weighted by atomic mass is 35.5. The molecule has 0 aliphatic carbocycles. The maximum Gasteiger partial charge on any atom is 0.310 e. The molecule has 7 nitrogen and oxygen atoms in total. The fourth-order valence-corrected chi connectivity index (χ4v) is 2.63. The molecule has 0 radical (unpaired) electrons. The first-order chi connectivity index (χ1) is 12.5. The van der Waals surface area contributed by atoms with Gasteiger partial charge in [0.1, 0.15) is 0 Å². The zero-order valence-electron chi connectivity index (χ0n) is 14.8. The second kappa shape index (κ2) is 11.2. The van der Waals surface area contributed by atoms with E-state index in [1.54, 1.807) is 0 Å². The molecule has 0 aliphatic rings. The van der Waals surface area contributed by atoms with E-state index in [2.05, 4.69) is 17.4 Å². The van der Waals surface area contributed by atoms with Crippen molar-refractivity contribution in [3.05, 3.63) is 69.8 Å². The summed E-state index contributed by atoms with van der Waals surface area (Å²) in [5, 5.41) is 23.1. The normalized spacial score (nSPS) is 11.3. The number of unbranched alkanes of at least 4 members (excludes halogenated alkanes) is 1. The first-order valence-electron chi connectivity index (χ1n) is 8.51. The highest BCUT2D eigenvalue weighted by molar-refractivity contribution is 5.85. The van der Waals surface area contributed by atoms with Crippen LogP contribution in [0.1, 0.15) is 24.0 Å². The molecule has 0 unspecified atom stereocenters. The minimum absolute atomic E-state index is 0. The van der Waals surface area contributed by atoms with Crippen LogP contribution in [0.4, 0.5) is 5.69 Å². The van der Waals surface area contributed by atoms with Gasteiger partial charge in [-0.25, -0.2) is 0 Å². The third-order valence-electron chi connectivity index (χ3n) is 4.06. The topological polar surface area (TPSA) is 118 Å². The number of hydrogen-bond acceptors (Lipinski definition) is 5. The number of nitrogens with zero attached hydrogens (tertiary/aromatic N) is 1. The van der Waals surface area contributed by atoms with Gasteiger partial charge in [0.25, 0.3) is 0 Å². The minimum Gasteiger partial charge on any atom is -0.502 e. The van der Waals surface area contributed by atoms with E-state index in [4.69, 9.17) is 5.73 Å². The van der Waals surface area contributed by atoms with E-state index < -0.39 is 22.4 Å². The summed E-state index contributed by atoms with van der Waals surface area (Å²) in [6.45, 7) is 0.537. The SMILES string of the molecule is Cl.N[C@@H](Cc1ccc(O)c([N+](=O)[O-])c1)C(=O)NCCCCc1ccccc1. The first kappa shape index (κ1) is 22.4. The van der Waals surface area contributed by atoms with E-state index in [0.29, 0.717) is 12.1 Å². The molecule has 0 bridgehead atoms. The van der Waals surface area contributed by atoms with E-state index in [9.17, 15) is 20.0 Å². The van der Waals surface area contributed by atoms with Gasteiger partial charge in [0.15, 0.2) is 5.75 Å². The number of nitrogens with one attached hydrogen (secondary N) is 1. The van der Waals surface area contributed by atoms with E-state index >= 15 is 0 Å². The van der Waals surface area contributed by atoms with E-state index in [1.165, 1.54) is 23.8 Å². The van der Waals surface area contributed by atoms with Crippen molar-refractivity contribution in [3.8, 4) is 5.75 Å². The molecule has 1 amide bonds. The van der Waals surface area contributed by atoms with Crippen molar-refractivity contribution in [1.29, 1.82) is 0 Å². The number of nitrogens with two attached hydrogens (primary N) is 1. The number of hydrogen-bond donors (Lipinski definition) is 3. The molecule has 0 saturated heterocycles. The maximum absolute atomic E-state index is 12.0. The van der Waals surface area contributed by atoms with Gasteiger partial charge in [0, 0.05) is 12.6 Å². The summed E-state index contributed by atoms with van der Waals surface area (Å²) in [6, 6.07) is 13.3. The minimum atomic E-state index is -0.798. The van der Waals surface area contributed by atoms with Gasteiger partial charge in [-0.05, 0) is 42.9 Å². The molecule has 1 atom stereocenters. The largest absolute Gasteiger partial charge is 0.502 e. The number of nitro benzene ring substituents is 1. The maximum atomic E-state index is 12.0. The molecule has 0 aromatic heterocycles. The molecule has 0 heterocycles. The number of carbonyl (C=O) groups excluding carboxylic acids is 1. The molecule has 8 heteroatoms. The number of rotatable bonds is 9. The second-order valence-electron chi connectivity index (χ2n) is 6.12. The van der Waals surface area contributed by atoms with Crippen LogP contribution >= 0.6 is 12.4 Å². The third kappa shape index (κ3) is 7.24. The third-order valence-corrected chi connectivity index (χ3v) is 4.06. The summed E-state index contributed by atoms with van der Waals surface area (Å²) in [5.74, 6) is -0.698. The number of carbonyl (C=O) groups is 1. The Labute approximate surface area is 164 Å². The lowest BCUT2D eigenvalue weighted by Gasteiger charge is -2.12. The number of nitro groups is 1. The molecular formula is C19H24ClN3O4. The Kier molecular flexibility index (Phi) is 9.25. The van der Waals surface area contributed by atoms with E-state index in [-0.39, 0.29) is 24.7 Å². The van der Waals surface area contributed by atoms with Crippen LogP contribution in [-0.4, -0.2) is 28.5 Å². The van der Waals surface area contributed by atoms with Crippen LogP contribution in [0.25, 0.3) is 0 Å². The summed E-state index contributed by atoms with van der Waals surface area (Å²) in [6.07, 6.45) is 2.93. The smallest absolute Gasteiger partial charge is 0.310 e. The molecule has 4 N–H and O–H groups in total. The average molecular weight is 394 g/mol. The standard InChI is InChI=1S/C19H23N3O4.ClH/c20-16(12-15-9-10-18(23)17(13-15)22(25)26)19(24)21-11-5-4-8-14-6-2-1-3-7-14;/h1-3,6-7,9-10,13,16,23H,4-5,8,11-12,20H2,(H,21,24);1H/t16-;/m0./s1. The quantitative estimate of drug-likeness (QED) is 0.344. The number of phenolic OH excluding ortho intramolecular Hbond substituents is 1. The van der Waals surface area contributed by atoms with Gasteiger partial charge >= 0.3 is 5.69 Å². The molecule has 2 aromatic carbocycles. The van der Waals surface area contributed by atoms with Crippen LogP contribution in [0.5, 0.6) is 5.75 Å². The van der Waals surface area contributed by atoms with E-state index in [0.717, 1.165) is 19.3 Å². The highest BCUT2D eigenvalue weighted by Gasteiger charge is 2.18. The second-order valence-corrected chi connectivity index (χ2v) is 6.12. The Morgan fingerprint density at radius 3 is 2.52 bits per heavy atom. The molecule has 2 aromatic rings. The molecule has 0 aliphatic heterocycles. The summed E-state index contributed by atoms with van der Waals surface area (Å²) < 4.78 is 0. The number of aryl methyl sites for hydroxylation is 1. The van der Waals surface area contributed by atoms with Crippen LogP contribution in [-0.2, 0) is 17.6 Å². The van der Waals surface area contributed by atoms with Gasteiger partial charge in [-0.3, -0.25) is 14.9 Å². The lowest BCUT2D eigenvalue weighted by molar-refractivity contribution is -0.385. The summed E-state index contributed by atoms with van der Waals surface area (Å²) in [5.41, 5.74) is 7.28. The van der Waals surface area contributed by atoms with Crippen molar-refractivity contribution in [2.75, 3.05) is 6.54 Å². The van der Waals surface area contributed by atoms with Crippen LogP contribution in [0.15, 0.2) is 48.5 Å². The zero-order valence-corrected chi connectivity index (χ0v) is 15.7. The van der Waals surface area contributed by atoms with Gasteiger partial charge in [0.05, 0.1) is 11.0 Å². The fraction of sp³-hybridized carbons (Fsp3) is 0.316. The lowest BCUT2D eigenvalue weighted by atomic mass is 10.0. The molecular weight excluding hydrogens is 370 g/mol. The first-order valence-corrected chi connectivity index (χ1v) is 8.51. The summed E-state index contributed by atoms with van der Waals surface area (Å²) in [7, 11) is 0. The van der Waals surface area contributed by atoms with Crippen LogP contribution in [0.3, 0.4) is 0 Å². The number of halogens is 1. The Morgan fingerprint density at radius 2 is 1.85 bits per heavy atom. The number of phenols is 1. The van der Waals surface area contributed by atoms with Gasteiger partial charge in [-0.15, -0.1) is 12.4 Å². The number of benzene rings is 2. The van der Waals surface area contributed by atoms with Gasteiger partial charge in [-0.2, -0.15) is 0 Å². The molecule has 0 fully saturated rings.